The summed E-state index contributed by atoms with van der Waals surface area (Å²) in [5.74, 6) is 0. The van der Waals surface area contributed by atoms with Crippen LogP contribution in [0.1, 0.15) is 57.6 Å². The van der Waals surface area contributed by atoms with Gasteiger partial charge in [-0.25, -0.2) is 0 Å². The minimum atomic E-state index is -1.27. The first-order valence-electron chi connectivity index (χ1n) is 8.19. The van der Waals surface area contributed by atoms with Crippen molar-refractivity contribution in [2.75, 3.05) is 0 Å². The van der Waals surface area contributed by atoms with Gasteiger partial charge in [-0.1, -0.05) is 26.4 Å². The van der Waals surface area contributed by atoms with Gasteiger partial charge in [0.25, 0.3) is 0 Å². The van der Waals surface area contributed by atoms with E-state index in [4.69, 9.17) is 4.40 Å². The third-order valence-corrected chi connectivity index (χ3v) is 6.86. The Bertz CT molecular complexity index is 630. The normalized spacial score (nSPS) is 30.7. The molecule has 0 amide bonds. The molecule has 0 aliphatic heterocycles. The highest BCUT2D eigenvalue weighted by Gasteiger charge is 2.47. The molecule has 2 aliphatic carbocycles. The summed E-state index contributed by atoms with van der Waals surface area (Å²) in [6.07, 6.45) is 4.18. The lowest BCUT2D eigenvalue weighted by atomic mass is 9.70. The predicted molar refractivity (Wildman–Crippen MR) is 99.2 cm³/mol. The van der Waals surface area contributed by atoms with Gasteiger partial charge in [0.2, 0.25) is 0 Å². The van der Waals surface area contributed by atoms with Crippen LogP contribution in [0.3, 0.4) is 0 Å². The van der Waals surface area contributed by atoms with Gasteiger partial charge in [-0.3, -0.25) is 0 Å². The second kappa shape index (κ2) is 6.17. The molecule has 5 heteroatoms. The van der Waals surface area contributed by atoms with Crippen LogP contribution in [0.5, 0.6) is 0 Å². The molecule has 1 aromatic rings. The van der Waals surface area contributed by atoms with Crippen LogP contribution in [-0.2, 0) is 17.8 Å². The van der Waals surface area contributed by atoms with E-state index in [0.717, 1.165) is 47.9 Å². The maximum Gasteiger partial charge on any atom is 0.144 e. The molecule has 126 valence electrons. The molecule has 1 N–H and O–H groups in total. The number of hydrogen-bond donors (Lipinski definition) is 1. The van der Waals surface area contributed by atoms with Crippen molar-refractivity contribution in [2.24, 2.45) is 9.81 Å². The van der Waals surface area contributed by atoms with Crippen LogP contribution < -0.4 is 0 Å². The summed E-state index contributed by atoms with van der Waals surface area (Å²) < 4.78 is 18.0. The third kappa shape index (κ3) is 3.39. The molecule has 0 bridgehead atoms. The van der Waals surface area contributed by atoms with Gasteiger partial charge in [0.1, 0.15) is 21.8 Å². The maximum absolute atomic E-state index is 12.7. The zero-order valence-electron chi connectivity index (χ0n) is 13.9. The fourth-order valence-electron chi connectivity index (χ4n) is 3.59. The average molecular weight is 398 g/mol. The first kappa shape index (κ1) is 17.5. The molecular weight excluding hydrogens is 374 g/mol. The predicted octanol–water partition coefficient (Wildman–Crippen LogP) is 4.18. The summed E-state index contributed by atoms with van der Waals surface area (Å²) in [5, 5.41) is 9.90. The summed E-state index contributed by atoms with van der Waals surface area (Å²) in [6, 6.07) is 6.32. The van der Waals surface area contributed by atoms with E-state index >= 15 is 0 Å². The second-order valence-corrected chi connectivity index (χ2v) is 10.6. The smallest absolute Gasteiger partial charge is 0.144 e. The highest BCUT2D eigenvalue weighted by molar-refractivity contribution is 9.10. The second-order valence-electron chi connectivity index (χ2n) is 7.79. The Balaban J connectivity index is 2.06. The molecule has 0 saturated heterocycles. The van der Waals surface area contributed by atoms with Gasteiger partial charge in [0.15, 0.2) is 0 Å². The van der Waals surface area contributed by atoms with Crippen molar-refractivity contribution in [1.29, 1.82) is 0 Å². The van der Waals surface area contributed by atoms with Crippen LogP contribution in [-0.4, -0.2) is 26.2 Å². The van der Waals surface area contributed by atoms with E-state index in [-0.39, 0.29) is 16.3 Å². The highest BCUT2D eigenvalue weighted by atomic mass is 79.9. The molecule has 0 heterocycles. The molecule has 1 fully saturated rings. The molecule has 3 rings (SSSR count). The summed E-state index contributed by atoms with van der Waals surface area (Å²) in [5.41, 5.74) is 3.36. The Morgan fingerprint density at radius 3 is 2.57 bits per heavy atom. The molecule has 1 saturated carbocycles. The van der Waals surface area contributed by atoms with Crippen LogP contribution in [0.2, 0.25) is 0 Å². The van der Waals surface area contributed by atoms with Gasteiger partial charge in [-0.2, -0.15) is 0 Å². The van der Waals surface area contributed by atoms with Crippen molar-refractivity contribution in [3.8, 4) is 0 Å². The van der Waals surface area contributed by atoms with Crippen LogP contribution >= 0.6 is 15.9 Å². The van der Waals surface area contributed by atoms with Crippen molar-refractivity contribution in [1.82, 2.24) is 0 Å². The SMILES string of the molecule is CC(C)(C)[S+]([O-])/N=C1\c2cc(Br)ccc2CC12CCC(O)CC2. The quantitative estimate of drug-likeness (QED) is 0.722. The van der Waals surface area contributed by atoms with Crippen LogP contribution in [0.15, 0.2) is 27.1 Å². The standard InChI is InChI=1S/C18H24BrNO2S/c1-17(2,3)23(22)20-16-15-10-13(19)5-4-12(15)11-18(16)8-6-14(21)7-9-18/h4-5,10,14,21H,6-9,11H2,1-3H3/b20-16+. The number of hydrogen-bond acceptors (Lipinski definition) is 3. The van der Waals surface area contributed by atoms with Gasteiger partial charge >= 0.3 is 0 Å². The van der Waals surface area contributed by atoms with Crippen molar-refractivity contribution < 1.29 is 9.66 Å². The Kier molecular flexibility index (Phi) is 4.69. The molecular formula is C18H24BrNO2S. The number of rotatable bonds is 1. The fraction of sp³-hybridized carbons (Fsp3) is 0.611. The van der Waals surface area contributed by atoms with Crippen molar-refractivity contribution in [2.45, 2.75) is 63.7 Å². The van der Waals surface area contributed by atoms with Crippen LogP contribution in [0, 0.1) is 5.41 Å². The lowest BCUT2D eigenvalue weighted by molar-refractivity contribution is 0.0934. The Labute approximate surface area is 150 Å². The topological polar surface area (TPSA) is 55.7 Å². The summed E-state index contributed by atoms with van der Waals surface area (Å²) >= 11 is 2.28. The van der Waals surface area contributed by atoms with Crippen molar-refractivity contribution >= 4 is 33.0 Å². The van der Waals surface area contributed by atoms with E-state index in [9.17, 15) is 9.66 Å². The average Bonchev–Trinajstić information content (AvgIpc) is 2.75. The van der Waals surface area contributed by atoms with Crippen molar-refractivity contribution in [3.05, 3.63) is 33.8 Å². The Morgan fingerprint density at radius 1 is 1.30 bits per heavy atom. The molecule has 1 aromatic carbocycles. The minimum Gasteiger partial charge on any atom is -0.591 e. The van der Waals surface area contributed by atoms with Gasteiger partial charge in [0.05, 0.1) is 6.10 Å². The maximum atomic E-state index is 12.7. The van der Waals surface area contributed by atoms with E-state index in [1.54, 1.807) is 0 Å². The van der Waals surface area contributed by atoms with Crippen LogP contribution in [0.25, 0.3) is 0 Å². The van der Waals surface area contributed by atoms with E-state index in [0.29, 0.717) is 0 Å². The first-order chi connectivity index (χ1) is 10.7. The molecule has 1 atom stereocenters. The molecule has 1 spiro atoms. The summed E-state index contributed by atoms with van der Waals surface area (Å²) in [6.45, 7) is 5.88. The van der Waals surface area contributed by atoms with Crippen molar-refractivity contribution in [3.63, 3.8) is 0 Å². The number of benzene rings is 1. The van der Waals surface area contributed by atoms with Crippen LogP contribution in [0.4, 0.5) is 0 Å². The summed E-state index contributed by atoms with van der Waals surface area (Å²) in [7, 11) is 0. The van der Waals surface area contributed by atoms with Gasteiger partial charge in [0, 0.05) is 15.5 Å². The highest BCUT2D eigenvalue weighted by Crippen LogP contribution is 2.48. The van der Waals surface area contributed by atoms with E-state index in [1.807, 2.05) is 20.8 Å². The largest absolute Gasteiger partial charge is 0.591 e. The van der Waals surface area contributed by atoms with Gasteiger partial charge < -0.3 is 9.66 Å². The van der Waals surface area contributed by atoms with Gasteiger partial charge in [-0.05, 0) is 70.6 Å². The monoisotopic (exact) mass is 397 g/mol. The molecule has 2 aliphatic rings. The third-order valence-electron chi connectivity index (χ3n) is 4.97. The lowest BCUT2D eigenvalue weighted by Gasteiger charge is -2.36. The molecule has 0 radical (unpaired) electrons. The minimum absolute atomic E-state index is 0.0523. The summed E-state index contributed by atoms with van der Waals surface area (Å²) in [4.78, 5) is 0. The zero-order chi connectivity index (χ0) is 16.8. The fourth-order valence-corrected chi connectivity index (χ4v) is 4.68. The Hall–Kier alpha value is -0.360. The van der Waals surface area contributed by atoms with E-state index in [2.05, 4.69) is 34.1 Å². The van der Waals surface area contributed by atoms with E-state index < -0.39 is 11.4 Å². The first-order valence-corrected chi connectivity index (χ1v) is 10.1. The lowest BCUT2D eigenvalue weighted by Crippen LogP contribution is -2.37. The Morgan fingerprint density at radius 2 is 1.96 bits per heavy atom. The number of fused-ring (bicyclic) bond motifs is 1. The van der Waals surface area contributed by atoms with Gasteiger partial charge in [-0.15, -0.1) is 0 Å². The zero-order valence-corrected chi connectivity index (χ0v) is 16.3. The molecule has 1 unspecified atom stereocenters. The number of aliphatic hydroxyl groups is 1. The number of halogens is 1. The van der Waals surface area contributed by atoms with E-state index in [1.165, 1.54) is 5.56 Å². The number of aliphatic hydroxyl groups excluding tert-OH is 1. The number of nitrogens with zero attached hydrogens (tertiary/aromatic N) is 1. The molecule has 3 nitrogen and oxygen atoms in total. The molecule has 0 aromatic heterocycles. The molecule has 23 heavy (non-hydrogen) atoms.